The van der Waals surface area contributed by atoms with E-state index in [1.807, 2.05) is 30.3 Å². The Hall–Kier alpha value is -3.00. The summed E-state index contributed by atoms with van der Waals surface area (Å²) in [5.41, 5.74) is 6.53. The first kappa shape index (κ1) is 23.3. The van der Waals surface area contributed by atoms with Crippen LogP contribution in [0.4, 0.5) is 0 Å². The second-order valence-corrected chi connectivity index (χ2v) is 8.34. The number of benzene rings is 1. The fourth-order valence-electron chi connectivity index (χ4n) is 3.07. The van der Waals surface area contributed by atoms with E-state index in [0.717, 1.165) is 22.3 Å². The molecule has 1 aromatic carbocycles. The summed E-state index contributed by atoms with van der Waals surface area (Å²) in [6, 6.07) is 11.5. The SMILES string of the molecule is CC(=O)OCC(CCc1ccc(-c2ccc(C=O)s2)cc1)(COC(C)=O)CC(N)=O. The fraction of sp³-hybridized carbons (Fsp3) is 0.364. The number of hydrogen-bond acceptors (Lipinski definition) is 7. The lowest BCUT2D eigenvalue weighted by Crippen LogP contribution is -2.38. The van der Waals surface area contributed by atoms with E-state index in [1.165, 1.54) is 25.2 Å². The first-order valence-corrected chi connectivity index (χ1v) is 10.2. The maximum Gasteiger partial charge on any atom is 0.302 e. The third kappa shape index (κ3) is 7.11. The molecule has 1 heterocycles. The van der Waals surface area contributed by atoms with Crippen LogP contribution in [0.1, 0.15) is 41.9 Å². The molecule has 2 N–H and O–H groups in total. The first-order valence-electron chi connectivity index (χ1n) is 9.42. The number of esters is 2. The van der Waals surface area contributed by atoms with E-state index in [2.05, 4.69) is 0 Å². The Kier molecular flexibility index (Phi) is 8.29. The normalized spacial score (nSPS) is 11.0. The van der Waals surface area contributed by atoms with E-state index < -0.39 is 23.3 Å². The molecule has 0 bridgehead atoms. The van der Waals surface area contributed by atoms with Crippen LogP contribution in [0.15, 0.2) is 36.4 Å². The summed E-state index contributed by atoms with van der Waals surface area (Å²) in [6.07, 6.45) is 1.76. The van der Waals surface area contributed by atoms with Gasteiger partial charge in [-0.3, -0.25) is 19.2 Å². The molecule has 0 fully saturated rings. The number of carbonyl (C=O) groups is 4. The molecule has 0 saturated carbocycles. The zero-order valence-electron chi connectivity index (χ0n) is 17.0. The molecule has 0 unspecified atom stereocenters. The summed E-state index contributed by atoms with van der Waals surface area (Å²) < 4.78 is 10.3. The van der Waals surface area contributed by atoms with Gasteiger partial charge in [0.1, 0.15) is 13.2 Å². The molecule has 0 spiro atoms. The molecule has 0 aliphatic heterocycles. The van der Waals surface area contributed by atoms with Crippen LogP contribution in [-0.2, 0) is 30.3 Å². The number of amides is 1. The first-order chi connectivity index (χ1) is 14.2. The predicted octanol–water partition coefficient (Wildman–Crippen LogP) is 3.15. The molecule has 1 aromatic heterocycles. The standard InChI is InChI=1S/C22H25NO6S/c1-15(25)28-13-22(11-21(23)27,14-29-16(2)26)10-9-17-3-5-18(6-4-17)20-8-7-19(12-24)30-20/h3-8,12H,9-11,13-14H2,1-2H3,(H2,23,27). The Balaban J connectivity index is 2.15. The van der Waals surface area contributed by atoms with E-state index in [9.17, 15) is 19.2 Å². The number of nitrogens with two attached hydrogens (primary N) is 1. The van der Waals surface area contributed by atoms with Crippen molar-refractivity contribution in [3.8, 4) is 10.4 Å². The van der Waals surface area contributed by atoms with E-state index >= 15 is 0 Å². The minimum atomic E-state index is -0.894. The number of thiophene rings is 1. The molecular formula is C22H25NO6S. The third-order valence-electron chi connectivity index (χ3n) is 4.64. The molecular weight excluding hydrogens is 406 g/mol. The smallest absolute Gasteiger partial charge is 0.302 e. The number of primary amides is 1. The largest absolute Gasteiger partial charge is 0.465 e. The molecule has 0 aliphatic rings. The van der Waals surface area contributed by atoms with Gasteiger partial charge in [-0.2, -0.15) is 0 Å². The highest BCUT2D eigenvalue weighted by Gasteiger charge is 2.35. The van der Waals surface area contributed by atoms with Gasteiger partial charge in [0.05, 0.1) is 4.88 Å². The molecule has 2 aromatic rings. The van der Waals surface area contributed by atoms with Gasteiger partial charge < -0.3 is 15.2 Å². The third-order valence-corrected chi connectivity index (χ3v) is 5.70. The van der Waals surface area contributed by atoms with E-state index in [-0.39, 0.29) is 19.6 Å². The summed E-state index contributed by atoms with van der Waals surface area (Å²) in [4.78, 5) is 46.8. The van der Waals surface area contributed by atoms with E-state index in [4.69, 9.17) is 15.2 Å². The van der Waals surface area contributed by atoms with Crippen LogP contribution in [0.2, 0.25) is 0 Å². The molecule has 30 heavy (non-hydrogen) atoms. The maximum absolute atomic E-state index is 11.7. The van der Waals surface area contributed by atoms with Crippen molar-refractivity contribution in [1.29, 1.82) is 0 Å². The van der Waals surface area contributed by atoms with Gasteiger partial charge in [-0.15, -0.1) is 11.3 Å². The average molecular weight is 432 g/mol. The van der Waals surface area contributed by atoms with Crippen LogP contribution in [0.25, 0.3) is 10.4 Å². The second kappa shape index (κ2) is 10.7. The Morgan fingerprint density at radius 1 is 1.00 bits per heavy atom. The van der Waals surface area contributed by atoms with E-state index in [1.54, 1.807) is 6.07 Å². The van der Waals surface area contributed by atoms with Crippen LogP contribution >= 0.6 is 11.3 Å². The number of hydrogen-bond donors (Lipinski definition) is 1. The van der Waals surface area contributed by atoms with Crippen molar-refractivity contribution in [2.45, 2.75) is 33.1 Å². The molecule has 2 rings (SSSR count). The summed E-state index contributed by atoms with van der Waals surface area (Å²) in [5.74, 6) is -1.53. The lowest BCUT2D eigenvalue weighted by atomic mass is 9.80. The molecule has 0 radical (unpaired) electrons. The highest BCUT2D eigenvalue weighted by Crippen LogP contribution is 2.31. The van der Waals surface area contributed by atoms with E-state index in [0.29, 0.717) is 17.7 Å². The topological polar surface area (TPSA) is 113 Å². The fourth-order valence-corrected chi connectivity index (χ4v) is 3.90. The van der Waals surface area contributed by atoms with Crippen molar-refractivity contribution in [1.82, 2.24) is 0 Å². The lowest BCUT2D eigenvalue weighted by Gasteiger charge is -2.31. The zero-order valence-corrected chi connectivity index (χ0v) is 17.8. The lowest BCUT2D eigenvalue weighted by molar-refractivity contribution is -0.154. The Labute approximate surface area is 179 Å². The Morgan fingerprint density at radius 3 is 2.07 bits per heavy atom. The van der Waals surface area contributed by atoms with Gasteiger partial charge in [0.25, 0.3) is 0 Å². The summed E-state index contributed by atoms with van der Waals surface area (Å²) in [6.45, 7) is 2.42. The van der Waals surface area contributed by atoms with Crippen molar-refractivity contribution >= 4 is 35.5 Å². The van der Waals surface area contributed by atoms with Gasteiger partial charge in [0, 0.05) is 30.6 Å². The van der Waals surface area contributed by atoms with Crippen molar-refractivity contribution in [2.75, 3.05) is 13.2 Å². The predicted molar refractivity (Wildman–Crippen MR) is 113 cm³/mol. The highest BCUT2D eigenvalue weighted by molar-refractivity contribution is 7.17. The van der Waals surface area contributed by atoms with Crippen LogP contribution < -0.4 is 5.73 Å². The van der Waals surface area contributed by atoms with Gasteiger partial charge in [-0.1, -0.05) is 24.3 Å². The minimum absolute atomic E-state index is 0.0691. The number of rotatable bonds is 11. The number of aldehydes is 1. The van der Waals surface area contributed by atoms with Crippen molar-refractivity contribution in [3.63, 3.8) is 0 Å². The van der Waals surface area contributed by atoms with Gasteiger partial charge >= 0.3 is 11.9 Å². The van der Waals surface area contributed by atoms with Crippen LogP contribution in [0, 0.1) is 5.41 Å². The molecule has 0 saturated heterocycles. The average Bonchev–Trinajstić information content (AvgIpc) is 3.18. The number of aryl methyl sites for hydroxylation is 1. The van der Waals surface area contributed by atoms with Gasteiger partial charge in [0.15, 0.2) is 6.29 Å². The Bertz CT molecular complexity index is 885. The van der Waals surface area contributed by atoms with Crippen LogP contribution in [0.5, 0.6) is 0 Å². The summed E-state index contributed by atoms with van der Waals surface area (Å²) in [5, 5.41) is 0. The van der Waals surface area contributed by atoms with Crippen molar-refractivity contribution < 1.29 is 28.7 Å². The summed E-state index contributed by atoms with van der Waals surface area (Å²) >= 11 is 1.42. The van der Waals surface area contributed by atoms with Crippen molar-refractivity contribution in [3.05, 3.63) is 46.8 Å². The molecule has 7 nitrogen and oxygen atoms in total. The van der Waals surface area contributed by atoms with Gasteiger partial charge in [-0.25, -0.2) is 0 Å². The molecule has 0 atom stereocenters. The van der Waals surface area contributed by atoms with Gasteiger partial charge in [-0.05, 0) is 36.1 Å². The number of carbonyl (C=O) groups excluding carboxylic acids is 4. The van der Waals surface area contributed by atoms with Crippen LogP contribution in [-0.4, -0.2) is 37.3 Å². The molecule has 0 aliphatic carbocycles. The highest BCUT2D eigenvalue weighted by atomic mass is 32.1. The molecule has 1 amide bonds. The molecule has 8 heteroatoms. The van der Waals surface area contributed by atoms with Gasteiger partial charge in [0.2, 0.25) is 5.91 Å². The Morgan fingerprint density at radius 2 is 1.60 bits per heavy atom. The minimum Gasteiger partial charge on any atom is -0.465 e. The quantitative estimate of drug-likeness (QED) is 0.432. The molecule has 160 valence electrons. The summed E-state index contributed by atoms with van der Waals surface area (Å²) in [7, 11) is 0. The number of ether oxygens (including phenoxy) is 2. The zero-order chi connectivity index (χ0) is 22.1. The van der Waals surface area contributed by atoms with Crippen LogP contribution in [0.3, 0.4) is 0 Å². The monoisotopic (exact) mass is 431 g/mol. The maximum atomic E-state index is 11.7. The second-order valence-electron chi connectivity index (χ2n) is 7.22. The van der Waals surface area contributed by atoms with Crippen molar-refractivity contribution in [2.24, 2.45) is 11.1 Å².